The Morgan fingerprint density at radius 2 is 1.91 bits per heavy atom. The van der Waals surface area contributed by atoms with Crippen LogP contribution in [0.25, 0.3) is 6.08 Å². The van der Waals surface area contributed by atoms with E-state index in [1.807, 2.05) is 30.3 Å². The van der Waals surface area contributed by atoms with Crippen molar-refractivity contribution in [1.82, 2.24) is 0 Å². The van der Waals surface area contributed by atoms with E-state index in [4.69, 9.17) is 42.8 Å². The lowest BCUT2D eigenvalue weighted by Crippen LogP contribution is -2.27. The Labute approximate surface area is 211 Å². The molecule has 2 aliphatic rings. The summed E-state index contributed by atoms with van der Waals surface area (Å²) in [4.78, 5) is 15.1. The molecule has 0 aliphatic carbocycles. The maximum absolute atomic E-state index is 13.2. The van der Waals surface area contributed by atoms with E-state index in [2.05, 4.69) is 0 Å². The van der Waals surface area contributed by atoms with Crippen LogP contribution in [0.2, 0.25) is 5.02 Å². The molecule has 9 heteroatoms. The Balaban J connectivity index is 1.39. The molecule has 5 rings (SSSR count). The highest BCUT2D eigenvalue weighted by Gasteiger charge is 2.34. The summed E-state index contributed by atoms with van der Waals surface area (Å²) in [5.41, 5.74) is 2.33. The first-order chi connectivity index (χ1) is 16.5. The van der Waals surface area contributed by atoms with Crippen LogP contribution in [0.1, 0.15) is 11.1 Å². The fourth-order valence-corrected chi connectivity index (χ4v) is 5.13. The Morgan fingerprint density at radius 1 is 1.12 bits per heavy atom. The third-order valence-electron chi connectivity index (χ3n) is 5.18. The molecule has 0 atom stereocenters. The van der Waals surface area contributed by atoms with Gasteiger partial charge in [-0.15, -0.1) is 0 Å². The normalized spacial score (nSPS) is 15.8. The summed E-state index contributed by atoms with van der Waals surface area (Å²) in [6, 6.07) is 18.6. The molecular formula is C25H18ClNO5S2. The standard InChI is InChI=1S/C25H18ClNO5S2/c1-29-21-10-16(9-18(26)23(21)30-13-15-5-3-2-4-6-15)11-22-24(28)27(25(33)34-22)17-7-8-19-20(12-17)32-14-31-19/h2-12H,13-14H2,1H3. The van der Waals surface area contributed by atoms with Crippen molar-refractivity contribution in [1.29, 1.82) is 0 Å². The summed E-state index contributed by atoms with van der Waals surface area (Å²) < 4.78 is 22.6. The smallest absolute Gasteiger partial charge is 0.270 e. The minimum absolute atomic E-state index is 0.157. The molecule has 1 fully saturated rings. The zero-order valence-electron chi connectivity index (χ0n) is 17.9. The molecule has 3 aromatic carbocycles. The lowest BCUT2D eigenvalue weighted by Gasteiger charge is -2.15. The third-order valence-corrected chi connectivity index (χ3v) is 6.77. The van der Waals surface area contributed by atoms with Gasteiger partial charge in [0.1, 0.15) is 6.61 Å². The summed E-state index contributed by atoms with van der Waals surface area (Å²) in [6.45, 7) is 0.509. The van der Waals surface area contributed by atoms with Gasteiger partial charge in [0, 0.05) is 6.07 Å². The van der Waals surface area contributed by atoms with E-state index in [0.29, 0.717) is 55.1 Å². The third kappa shape index (κ3) is 4.44. The number of carbonyl (C=O) groups is 1. The van der Waals surface area contributed by atoms with Crippen molar-refractivity contribution in [2.75, 3.05) is 18.8 Å². The topological polar surface area (TPSA) is 57.2 Å². The monoisotopic (exact) mass is 511 g/mol. The highest BCUT2D eigenvalue weighted by Crippen LogP contribution is 2.42. The van der Waals surface area contributed by atoms with Crippen molar-refractivity contribution in [3.05, 3.63) is 81.7 Å². The average molecular weight is 512 g/mol. The van der Waals surface area contributed by atoms with Crippen molar-refractivity contribution in [2.24, 2.45) is 0 Å². The Morgan fingerprint density at radius 3 is 2.71 bits per heavy atom. The van der Waals surface area contributed by atoms with Crippen molar-refractivity contribution in [2.45, 2.75) is 6.61 Å². The number of hydrogen-bond acceptors (Lipinski definition) is 7. The van der Waals surface area contributed by atoms with E-state index in [-0.39, 0.29) is 12.7 Å². The van der Waals surface area contributed by atoms with Gasteiger partial charge in [0.2, 0.25) is 6.79 Å². The number of rotatable bonds is 6. The zero-order valence-corrected chi connectivity index (χ0v) is 20.3. The predicted octanol–water partition coefficient (Wildman–Crippen LogP) is 6.06. The molecule has 0 radical (unpaired) electrons. The summed E-state index contributed by atoms with van der Waals surface area (Å²) in [6.07, 6.45) is 1.74. The van der Waals surface area contributed by atoms with Crippen LogP contribution in [-0.4, -0.2) is 24.1 Å². The molecule has 0 spiro atoms. The van der Waals surface area contributed by atoms with E-state index >= 15 is 0 Å². The molecule has 1 saturated heterocycles. The molecule has 0 aromatic heterocycles. The molecule has 3 aromatic rings. The number of fused-ring (bicyclic) bond motifs is 1. The number of ether oxygens (including phenoxy) is 4. The molecular weight excluding hydrogens is 494 g/mol. The van der Waals surface area contributed by atoms with Crippen LogP contribution in [0.3, 0.4) is 0 Å². The second-order valence-corrected chi connectivity index (χ2v) is 9.45. The SMILES string of the molecule is COc1cc(C=C2SC(=S)N(c3ccc4c(c3)OCO4)C2=O)cc(Cl)c1OCc1ccccc1. The zero-order chi connectivity index (χ0) is 23.7. The summed E-state index contributed by atoms with van der Waals surface area (Å²) in [5.74, 6) is 1.91. The van der Waals surface area contributed by atoms with E-state index in [1.165, 1.54) is 16.7 Å². The fourth-order valence-electron chi connectivity index (χ4n) is 3.56. The van der Waals surface area contributed by atoms with Crippen LogP contribution in [0.15, 0.2) is 65.6 Å². The Kier molecular flexibility index (Phi) is 6.36. The largest absolute Gasteiger partial charge is 0.493 e. The molecule has 0 unspecified atom stereocenters. The molecule has 0 N–H and O–H groups in total. The maximum atomic E-state index is 13.2. The van der Waals surface area contributed by atoms with E-state index in [1.54, 1.807) is 43.5 Å². The van der Waals surface area contributed by atoms with Crippen molar-refractivity contribution in [3.63, 3.8) is 0 Å². The lowest BCUT2D eigenvalue weighted by atomic mass is 10.1. The number of methoxy groups -OCH3 is 1. The number of amides is 1. The van der Waals surface area contributed by atoms with Crippen molar-refractivity contribution >= 4 is 57.6 Å². The van der Waals surface area contributed by atoms with E-state index in [9.17, 15) is 4.79 Å². The van der Waals surface area contributed by atoms with Gasteiger partial charge in [-0.3, -0.25) is 9.69 Å². The van der Waals surface area contributed by atoms with Gasteiger partial charge < -0.3 is 18.9 Å². The second kappa shape index (κ2) is 9.58. The minimum atomic E-state index is -0.228. The number of anilines is 1. The molecule has 34 heavy (non-hydrogen) atoms. The van der Waals surface area contributed by atoms with Crippen LogP contribution in [-0.2, 0) is 11.4 Å². The summed E-state index contributed by atoms with van der Waals surface area (Å²) in [7, 11) is 1.55. The number of thiocarbonyl (C=S) groups is 1. The maximum Gasteiger partial charge on any atom is 0.270 e. The Bertz CT molecular complexity index is 1310. The van der Waals surface area contributed by atoms with Crippen LogP contribution in [0.4, 0.5) is 5.69 Å². The fraction of sp³-hybridized carbons (Fsp3) is 0.120. The first-order valence-corrected chi connectivity index (χ1v) is 11.9. The second-order valence-electron chi connectivity index (χ2n) is 7.36. The molecule has 2 heterocycles. The highest BCUT2D eigenvalue weighted by molar-refractivity contribution is 8.27. The van der Waals surface area contributed by atoms with Crippen LogP contribution < -0.4 is 23.8 Å². The van der Waals surface area contributed by atoms with Gasteiger partial charge in [0.15, 0.2) is 27.3 Å². The number of halogens is 1. The molecule has 0 saturated carbocycles. The molecule has 172 valence electrons. The number of nitrogens with zero attached hydrogens (tertiary/aromatic N) is 1. The molecule has 1 amide bonds. The van der Waals surface area contributed by atoms with Gasteiger partial charge in [-0.25, -0.2) is 0 Å². The first-order valence-electron chi connectivity index (χ1n) is 10.3. The molecule has 6 nitrogen and oxygen atoms in total. The van der Waals surface area contributed by atoms with Gasteiger partial charge in [0.25, 0.3) is 5.91 Å². The summed E-state index contributed by atoms with van der Waals surface area (Å²) >= 11 is 13.2. The highest BCUT2D eigenvalue weighted by atomic mass is 35.5. The number of benzene rings is 3. The number of thioether (sulfide) groups is 1. The van der Waals surface area contributed by atoms with Crippen LogP contribution in [0, 0.1) is 0 Å². The van der Waals surface area contributed by atoms with E-state index in [0.717, 1.165) is 5.56 Å². The summed E-state index contributed by atoms with van der Waals surface area (Å²) in [5, 5.41) is 0.382. The molecule has 2 aliphatic heterocycles. The van der Waals surface area contributed by atoms with Crippen LogP contribution in [0.5, 0.6) is 23.0 Å². The van der Waals surface area contributed by atoms with Gasteiger partial charge in [-0.05, 0) is 41.5 Å². The number of hydrogen-bond donors (Lipinski definition) is 0. The van der Waals surface area contributed by atoms with Gasteiger partial charge >= 0.3 is 0 Å². The first kappa shape index (κ1) is 22.6. The van der Waals surface area contributed by atoms with Gasteiger partial charge in [0.05, 0.1) is 22.7 Å². The molecule has 0 bridgehead atoms. The van der Waals surface area contributed by atoms with Crippen LogP contribution >= 0.6 is 35.6 Å². The quantitative estimate of drug-likeness (QED) is 0.294. The average Bonchev–Trinajstić information content (AvgIpc) is 3.41. The minimum Gasteiger partial charge on any atom is -0.493 e. The van der Waals surface area contributed by atoms with Crippen molar-refractivity contribution < 1.29 is 23.7 Å². The lowest BCUT2D eigenvalue weighted by molar-refractivity contribution is -0.113. The van der Waals surface area contributed by atoms with E-state index < -0.39 is 0 Å². The van der Waals surface area contributed by atoms with Gasteiger partial charge in [-0.2, -0.15) is 0 Å². The Hall–Kier alpha value is -3.20. The van der Waals surface area contributed by atoms with Crippen molar-refractivity contribution in [3.8, 4) is 23.0 Å². The predicted molar refractivity (Wildman–Crippen MR) is 137 cm³/mol. The van der Waals surface area contributed by atoms with Gasteiger partial charge in [-0.1, -0.05) is 65.9 Å². The number of carbonyl (C=O) groups excluding carboxylic acids is 1.